The highest BCUT2D eigenvalue weighted by atomic mass is 16.5. The summed E-state index contributed by atoms with van der Waals surface area (Å²) < 4.78 is 9.72. The lowest BCUT2D eigenvalue weighted by Crippen LogP contribution is -2.06. The summed E-state index contributed by atoms with van der Waals surface area (Å²) in [6.07, 6.45) is 0. The van der Waals surface area contributed by atoms with E-state index in [1.807, 2.05) is 0 Å². The van der Waals surface area contributed by atoms with Crippen LogP contribution in [-0.2, 0) is 4.74 Å². The normalized spacial score (nSPS) is 9.92. The van der Waals surface area contributed by atoms with Gasteiger partial charge in [-0.2, -0.15) is 0 Å². The lowest BCUT2D eigenvalue weighted by atomic mass is 10.4. The second kappa shape index (κ2) is 4.51. The van der Waals surface area contributed by atoms with Gasteiger partial charge < -0.3 is 19.6 Å². The lowest BCUT2D eigenvalue weighted by molar-refractivity contribution is 0.0663. The molecule has 5 nitrogen and oxygen atoms in total. The predicted molar refractivity (Wildman–Crippen MR) is 46.0 cm³/mol. The zero-order chi connectivity index (χ0) is 9.68. The van der Waals surface area contributed by atoms with Gasteiger partial charge in [0, 0.05) is 19.7 Å². The molecule has 0 amide bonds. The molecule has 0 aliphatic heterocycles. The molecule has 0 fully saturated rings. The van der Waals surface area contributed by atoms with Crippen molar-refractivity contribution in [3.05, 3.63) is 17.9 Å². The number of carbonyl (C=O) groups is 1. The van der Waals surface area contributed by atoms with Crippen molar-refractivity contribution < 1.29 is 19.1 Å². The zero-order valence-corrected chi connectivity index (χ0v) is 7.24. The maximum absolute atomic E-state index is 10.4. The van der Waals surface area contributed by atoms with E-state index in [9.17, 15) is 4.79 Å². The van der Waals surface area contributed by atoms with Gasteiger partial charge in [0.25, 0.3) is 0 Å². The van der Waals surface area contributed by atoms with Crippen molar-refractivity contribution in [1.29, 1.82) is 0 Å². The Kier molecular flexibility index (Phi) is 3.33. The molecule has 0 unspecified atom stereocenters. The highest BCUT2D eigenvalue weighted by molar-refractivity contribution is 5.84. The number of methoxy groups -OCH3 is 1. The van der Waals surface area contributed by atoms with Crippen LogP contribution in [0.4, 0.5) is 5.88 Å². The van der Waals surface area contributed by atoms with Gasteiger partial charge in [-0.05, 0) is 6.07 Å². The molecular formula is C8H11NO4. The minimum atomic E-state index is -1.07. The summed E-state index contributed by atoms with van der Waals surface area (Å²) in [5, 5.41) is 11.4. The highest BCUT2D eigenvalue weighted by Crippen LogP contribution is 2.12. The molecule has 1 aromatic heterocycles. The fraction of sp³-hybridized carbons (Fsp3) is 0.375. The quantitative estimate of drug-likeness (QED) is 0.670. The molecule has 0 radical (unpaired) electrons. The molecule has 0 bridgehead atoms. The van der Waals surface area contributed by atoms with Crippen molar-refractivity contribution in [3.63, 3.8) is 0 Å². The minimum absolute atomic E-state index is 0.0695. The van der Waals surface area contributed by atoms with Gasteiger partial charge in [-0.15, -0.1) is 0 Å². The van der Waals surface area contributed by atoms with Gasteiger partial charge >= 0.3 is 5.97 Å². The molecule has 1 heterocycles. The van der Waals surface area contributed by atoms with E-state index < -0.39 is 5.97 Å². The Morgan fingerprint density at radius 1 is 1.69 bits per heavy atom. The summed E-state index contributed by atoms with van der Waals surface area (Å²) >= 11 is 0. The molecular weight excluding hydrogens is 174 g/mol. The molecule has 13 heavy (non-hydrogen) atoms. The van der Waals surface area contributed by atoms with Crippen LogP contribution in [0, 0.1) is 0 Å². The number of hydrogen-bond donors (Lipinski definition) is 2. The van der Waals surface area contributed by atoms with Gasteiger partial charge in [0.1, 0.15) is 0 Å². The summed E-state index contributed by atoms with van der Waals surface area (Å²) in [6.45, 7) is 1.13. The number of ether oxygens (including phenoxy) is 1. The van der Waals surface area contributed by atoms with Crippen LogP contribution in [-0.4, -0.2) is 31.3 Å². The van der Waals surface area contributed by atoms with Gasteiger partial charge in [0.2, 0.25) is 5.76 Å². The fourth-order valence-corrected chi connectivity index (χ4v) is 0.824. The van der Waals surface area contributed by atoms with Gasteiger partial charge in [-0.3, -0.25) is 0 Å². The second-order valence-corrected chi connectivity index (χ2v) is 2.39. The number of carboxylic acid groups (broad SMARTS) is 1. The first-order valence-electron chi connectivity index (χ1n) is 3.80. The topological polar surface area (TPSA) is 71.7 Å². The molecule has 0 saturated carbocycles. The van der Waals surface area contributed by atoms with E-state index >= 15 is 0 Å². The van der Waals surface area contributed by atoms with Crippen LogP contribution < -0.4 is 5.32 Å². The van der Waals surface area contributed by atoms with Crippen LogP contribution in [0.15, 0.2) is 16.5 Å². The smallest absolute Gasteiger partial charge is 0.371 e. The lowest BCUT2D eigenvalue weighted by Gasteiger charge is -1.99. The van der Waals surface area contributed by atoms with E-state index in [1.54, 1.807) is 13.2 Å². The van der Waals surface area contributed by atoms with E-state index in [1.165, 1.54) is 6.07 Å². The average Bonchev–Trinajstić information content (AvgIpc) is 2.53. The highest BCUT2D eigenvalue weighted by Gasteiger charge is 2.07. The van der Waals surface area contributed by atoms with Crippen molar-refractivity contribution >= 4 is 11.9 Å². The van der Waals surface area contributed by atoms with Crippen LogP contribution in [0.5, 0.6) is 0 Å². The number of furan rings is 1. The maximum atomic E-state index is 10.4. The van der Waals surface area contributed by atoms with Gasteiger partial charge in [-0.1, -0.05) is 0 Å². The van der Waals surface area contributed by atoms with E-state index in [0.717, 1.165) is 0 Å². The molecule has 2 N–H and O–H groups in total. The number of rotatable bonds is 5. The molecule has 0 aliphatic carbocycles. The van der Waals surface area contributed by atoms with Gasteiger partial charge in [0.15, 0.2) is 5.88 Å². The van der Waals surface area contributed by atoms with Crippen LogP contribution >= 0.6 is 0 Å². The Morgan fingerprint density at radius 3 is 3.00 bits per heavy atom. The SMILES string of the molecule is COCCNc1ccc(C(=O)O)o1. The molecule has 1 aromatic rings. The van der Waals surface area contributed by atoms with Crippen molar-refractivity contribution in [3.8, 4) is 0 Å². The number of anilines is 1. The molecule has 0 aromatic carbocycles. The number of nitrogens with one attached hydrogen (secondary N) is 1. The van der Waals surface area contributed by atoms with E-state index in [4.69, 9.17) is 14.3 Å². The zero-order valence-electron chi connectivity index (χ0n) is 7.24. The Balaban J connectivity index is 2.44. The first kappa shape index (κ1) is 9.60. The molecule has 0 saturated heterocycles. The Labute approximate surface area is 75.3 Å². The van der Waals surface area contributed by atoms with Crippen molar-refractivity contribution in [2.75, 3.05) is 25.6 Å². The summed E-state index contributed by atoms with van der Waals surface area (Å²) in [4.78, 5) is 10.4. The van der Waals surface area contributed by atoms with E-state index in [2.05, 4.69) is 5.32 Å². The summed E-state index contributed by atoms with van der Waals surface area (Å²) in [7, 11) is 1.59. The molecule has 0 aliphatic rings. The minimum Gasteiger partial charge on any atom is -0.475 e. The van der Waals surface area contributed by atoms with E-state index in [0.29, 0.717) is 19.0 Å². The summed E-state index contributed by atoms with van der Waals surface area (Å²) in [5.74, 6) is -0.700. The van der Waals surface area contributed by atoms with Crippen LogP contribution in [0.25, 0.3) is 0 Å². The van der Waals surface area contributed by atoms with Crippen molar-refractivity contribution in [2.45, 2.75) is 0 Å². The number of carboxylic acids is 1. The monoisotopic (exact) mass is 185 g/mol. The van der Waals surface area contributed by atoms with Crippen LogP contribution in [0.3, 0.4) is 0 Å². The average molecular weight is 185 g/mol. The van der Waals surface area contributed by atoms with Crippen LogP contribution in [0.2, 0.25) is 0 Å². The Bertz CT molecular complexity index is 281. The third-order valence-electron chi connectivity index (χ3n) is 1.42. The Morgan fingerprint density at radius 2 is 2.46 bits per heavy atom. The first-order valence-corrected chi connectivity index (χ1v) is 3.80. The molecule has 0 spiro atoms. The van der Waals surface area contributed by atoms with E-state index in [-0.39, 0.29) is 5.76 Å². The standard InChI is InChI=1S/C8H11NO4/c1-12-5-4-9-7-3-2-6(13-7)8(10)11/h2-3,9H,4-5H2,1H3,(H,10,11). The summed E-state index contributed by atoms with van der Waals surface area (Å²) in [5.41, 5.74) is 0. The first-order chi connectivity index (χ1) is 6.24. The second-order valence-electron chi connectivity index (χ2n) is 2.39. The number of aromatic carboxylic acids is 1. The fourth-order valence-electron chi connectivity index (χ4n) is 0.824. The molecule has 72 valence electrons. The van der Waals surface area contributed by atoms with Crippen molar-refractivity contribution in [1.82, 2.24) is 0 Å². The molecule has 5 heteroatoms. The predicted octanol–water partition coefficient (Wildman–Crippen LogP) is 1.04. The van der Waals surface area contributed by atoms with Gasteiger partial charge in [0.05, 0.1) is 6.61 Å². The van der Waals surface area contributed by atoms with Gasteiger partial charge in [-0.25, -0.2) is 4.79 Å². The number of hydrogen-bond acceptors (Lipinski definition) is 4. The Hall–Kier alpha value is -1.49. The maximum Gasteiger partial charge on any atom is 0.371 e. The van der Waals surface area contributed by atoms with Crippen LogP contribution in [0.1, 0.15) is 10.6 Å². The summed E-state index contributed by atoms with van der Waals surface area (Å²) in [6, 6.07) is 2.97. The molecule has 0 atom stereocenters. The molecule has 1 rings (SSSR count). The third kappa shape index (κ3) is 2.79. The largest absolute Gasteiger partial charge is 0.475 e. The van der Waals surface area contributed by atoms with Crippen molar-refractivity contribution in [2.24, 2.45) is 0 Å². The third-order valence-corrected chi connectivity index (χ3v) is 1.42.